The molecule has 102 valence electrons. The number of rotatable bonds is 3. The molecule has 2 aromatic carbocycles. The average molecular weight is 302 g/mol. The van der Waals surface area contributed by atoms with Crippen LogP contribution in [0.1, 0.15) is 22.7 Å². The Kier molecular flexibility index (Phi) is 3.79. The largest absolute Gasteiger partial charge is 0.309 e. The second-order valence-electron chi connectivity index (χ2n) is 4.91. The molecule has 1 unspecified atom stereocenters. The number of halogens is 1. The second-order valence-corrected chi connectivity index (χ2v) is 6.26. The number of fused-ring (bicyclic) bond motifs is 1. The molecular weight excluding hydrogens is 286 g/mol. The third kappa shape index (κ3) is 2.35. The summed E-state index contributed by atoms with van der Waals surface area (Å²) >= 11 is 7.96. The van der Waals surface area contributed by atoms with Crippen molar-refractivity contribution < 1.29 is 0 Å². The van der Waals surface area contributed by atoms with Crippen LogP contribution in [-0.4, -0.2) is 7.05 Å². The number of hydrogen-bond acceptors (Lipinski definition) is 2. The maximum Gasteiger partial charge on any atom is 0.0591 e. The average Bonchev–Trinajstić information content (AvgIpc) is 2.88. The maximum absolute atomic E-state index is 6.17. The van der Waals surface area contributed by atoms with Gasteiger partial charge in [0.05, 0.1) is 6.04 Å². The van der Waals surface area contributed by atoms with E-state index in [2.05, 4.69) is 54.0 Å². The minimum absolute atomic E-state index is 0.171. The Labute approximate surface area is 128 Å². The summed E-state index contributed by atoms with van der Waals surface area (Å²) in [5.74, 6) is 0. The van der Waals surface area contributed by atoms with Gasteiger partial charge in [0.25, 0.3) is 0 Å². The van der Waals surface area contributed by atoms with Gasteiger partial charge in [-0.3, -0.25) is 0 Å². The topological polar surface area (TPSA) is 12.0 Å². The van der Waals surface area contributed by atoms with Crippen molar-refractivity contribution in [2.75, 3.05) is 7.05 Å². The molecule has 1 aromatic heterocycles. The van der Waals surface area contributed by atoms with Gasteiger partial charge in [-0.2, -0.15) is 0 Å². The molecule has 0 fully saturated rings. The van der Waals surface area contributed by atoms with Crippen molar-refractivity contribution in [2.45, 2.75) is 13.0 Å². The van der Waals surface area contributed by atoms with Crippen LogP contribution in [0, 0.1) is 6.92 Å². The molecule has 0 radical (unpaired) electrons. The Hall–Kier alpha value is -1.35. The molecule has 0 saturated carbocycles. The van der Waals surface area contributed by atoms with E-state index in [-0.39, 0.29) is 6.04 Å². The van der Waals surface area contributed by atoms with Crippen LogP contribution < -0.4 is 5.32 Å². The van der Waals surface area contributed by atoms with E-state index >= 15 is 0 Å². The van der Waals surface area contributed by atoms with E-state index in [1.165, 1.54) is 26.8 Å². The molecule has 1 atom stereocenters. The Morgan fingerprint density at radius 2 is 1.90 bits per heavy atom. The first-order chi connectivity index (χ1) is 9.70. The van der Waals surface area contributed by atoms with Gasteiger partial charge < -0.3 is 5.32 Å². The predicted octanol–water partition coefficient (Wildman–Crippen LogP) is 5.17. The SMILES string of the molecule is CNC(c1cc(Cl)ccc1C)c1csc2ccccc12. The van der Waals surface area contributed by atoms with Gasteiger partial charge in [0, 0.05) is 9.72 Å². The lowest BCUT2D eigenvalue weighted by Crippen LogP contribution is -2.18. The van der Waals surface area contributed by atoms with Crippen LogP contribution in [0.15, 0.2) is 47.8 Å². The number of nitrogens with one attached hydrogen (secondary N) is 1. The van der Waals surface area contributed by atoms with Crippen molar-refractivity contribution in [3.8, 4) is 0 Å². The van der Waals surface area contributed by atoms with Crippen LogP contribution in [0.3, 0.4) is 0 Å². The second kappa shape index (κ2) is 5.57. The number of aryl methyl sites for hydroxylation is 1. The van der Waals surface area contributed by atoms with Gasteiger partial charge in [-0.25, -0.2) is 0 Å². The van der Waals surface area contributed by atoms with Gasteiger partial charge in [-0.1, -0.05) is 35.9 Å². The van der Waals surface area contributed by atoms with Crippen molar-refractivity contribution in [1.29, 1.82) is 0 Å². The summed E-state index contributed by atoms with van der Waals surface area (Å²) in [6.07, 6.45) is 0. The fourth-order valence-electron chi connectivity index (χ4n) is 2.62. The van der Waals surface area contributed by atoms with E-state index in [1.54, 1.807) is 11.3 Å². The Balaban J connectivity index is 2.16. The summed E-state index contributed by atoms with van der Waals surface area (Å²) in [4.78, 5) is 0. The van der Waals surface area contributed by atoms with E-state index < -0.39 is 0 Å². The zero-order chi connectivity index (χ0) is 14.1. The van der Waals surface area contributed by atoms with E-state index in [4.69, 9.17) is 11.6 Å². The zero-order valence-electron chi connectivity index (χ0n) is 11.5. The van der Waals surface area contributed by atoms with Crippen LogP contribution in [0.5, 0.6) is 0 Å². The lowest BCUT2D eigenvalue weighted by Gasteiger charge is -2.19. The minimum Gasteiger partial charge on any atom is -0.309 e. The first kappa shape index (κ1) is 13.6. The van der Waals surface area contributed by atoms with Crippen molar-refractivity contribution >= 4 is 33.0 Å². The van der Waals surface area contributed by atoms with Crippen LogP contribution in [0.2, 0.25) is 5.02 Å². The van der Waals surface area contributed by atoms with Gasteiger partial charge in [-0.15, -0.1) is 11.3 Å². The van der Waals surface area contributed by atoms with E-state index in [0.717, 1.165) is 5.02 Å². The molecule has 1 nitrogen and oxygen atoms in total. The molecule has 0 spiro atoms. The molecule has 0 aliphatic carbocycles. The molecule has 0 amide bonds. The number of thiophene rings is 1. The van der Waals surface area contributed by atoms with Crippen molar-refractivity contribution in [2.24, 2.45) is 0 Å². The summed E-state index contributed by atoms with van der Waals surface area (Å²) in [7, 11) is 2.00. The highest BCUT2D eigenvalue weighted by Gasteiger charge is 2.18. The fraction of sp³-hybridized carbons (Fsp3) is 0.176. The molecule has 0 bridgehead atoms. The highest BCUT2D eigenvalue weighted by atomic mass is 35.5. The monoisotopic (exact) mass is 301 g/mol. The highest BCUT2D eigenvalue weighted by Crippen LogP contribution is 2.35. The van der Waals surface area contributed by atoms with Gasteiger partial charge in [-0.05, 0) is 59.6 Å². The smallest absolute Gasteiger partial charge is 0.0591 e. The molecule has 3 rings (SSSR count). The first-order valence-corrected chi connectivity index (χ1v) is 7.86. The number of benzene rings is 2. The van der Waals surface area contributed by atoms with Crippen molar-refractivity contribution in [3.63, 3.8) is 0 Å². The summed E-state index contributed by atoms with van der Waals surface area (Å²) in [5.41, 5.74) is 3.81. The molecule has 3 aromatic rings. The van der Waals surface area contributed by atoms with Crippen LogP contribution in [0.4, 0.5) is 0 Å². The Morgan fingerprint density at radius 3 is 2.70 bits per heavy atom. The van der Waals surface area contributed by atoms with Gasteiger partial charge in [0.15, 0.2) is 0 Å². The predicted molar refractivity (Wildman–Crippen MR) is 88.9 cm³/mol. The maximum atomic E-state index is 6.17. The van der Waals surface area contributed by atoms with E-state index in [0.29, 0.717) is 0 Å². The van der Waals surface area contributed by atoms with Crippen molar-refractivity contribution in [3.05, 3.63) is 69.6 Å². The molecule has 0 aliphatic heterocycles. The van der Waals surface area contributed by atoms with Crippen LogP contribution in [0.25, 0.3) is 10.1 Å². The third-order valence-corrected chi connectivity index (χ3v) is 4.88. The molecule has 3 heteroatoms. The van der Waals surface area contributed by atoms with E-state index in [9.17, 15) is 0 Å². The molecule has 1 heterocycles. The van der Waals surface area contributed by atoms with Gasteiger partial charge in [0.1, 0.15) is 0 Å². The van der Waals surface area contributed by atoms with Gasteiger partial charge in [0.2, 0.25) is 0 Å². The molecule has 0 aliphatic rings. The fourth-order valence-corrected chi connectivity index (χ4v) is 3.79. The Bertz CT molecular complexity index is 748. The third-order valence-electron chi connectivity index (χ3n) is 3.66. The molecular formula is C17H16ClNS. The van der Waals surface area contributed by atoms with Crippen LogP contribution in [-0.2, 0) is 0 Å². The lowest BCUT2D eigenvalue weighted by molar-refractivity contribution is 0.694. The molecule has 0 saturated heterocycles. The summed E-state index contributed by atoms with van der Waals surface area (Å²) in [6, 6.07) is 14.8. The molecule has 1 N–H and O–H groups in total. The highest BCUT2D eigenvalue weighted by molar-refractivity contribution is 7.17. The quantitative estimate of drug-likeness (QED) is 0.703. The zero-order valence-corrected chi connectivity index (χ0v) is 13.1. The summed E-state index contributed by atoms with van der Waals surface area (Å²) < 4.78 is 1.32. The first-order valence-electron chi connectivity index (χ1n) is 6.60. The number of hydrogen-bond donors (Lipinski definition) is 1. The minimum atomic E-state index is 0.171. The Morgan fingerprint density at radius 1 is 1.10 bits per heavy atom. The van der Waals surface area contributed by atoms with Crippen molar-refractivity contribution in [1.82, 2.24) is 5.32 Å². The molecule has 20 heavy (non-hydrogen) atoms. The summed E-state index contributed by atoms with van der Waals surface area (Å²) in [6.45, 7) is 2.13. The van der Waals surface area contributed by atoms with E-state index in [1.807, 2.05) is 13.1 Å². The summed E-state index contributed by atoms with van der Waals surface area (Å²) in [5, 5.41) is 7.77. The lowest BCUT2D eigenvalue weighted by atomic mass is 9.95. The normalized spacial score (nSPS) is 12.8. The van der Waals surface area contributed by atoms with Gasteiger partial charge >= 0.3 is 0 Å². The standard InChI is InChI=1S/C17H16ClNS/c1-11-7-8-12(18)9-14(11)17(19-2)15-10-20-16-6-4-3-5-13(15)16/h3-10,17,19H,1-2H3. The van der Waals surface area contributed by atoms with Crippen LogP contribution >= 0.6 is 22.9 Å².